The molecule has 0 unspecified atom stereocenters. The zero-order valence-corrected chi connectivity index (χ0v) is 17.2. The highest BCUT2D eigenvalue weighted by Crippen LogP contribution is 2.26. The molecule has 0 spiro atoms. The molecule has 1 amide bonds. The molecule has 3 aromatic heterocycles. The van der Waals surface area contributed by atoms with Crippen LogP contribution < -0.4 is 5.73 Å². The molecule has 0 bridgehead atoms. The van der Waals surface area contributed by atoms with E-state index >= 15 is 0 Å². The van der Waals surface area contributed by atoms with Crippen LogP contribution in [0.2, 0.25) is 0 Å². The van der Waals surface area contributed by atoms with E-state index in [2.05, 4.69) is 20.1 Å². The van der Waals surface area contributed by atoms with Gasteiger partial charge in [0.2, 0.25) is 5.95 Å². The minimum absolute atomic E-state index is 0.0368. The first-order valence-corrected chi connectivity index (χ1v) is 9.72. The molecule has 11 heteroatoms. The lowest BCUT2D eigenvalue weighted by Gasteiger charge is -2.24. The van der Waals surface area contributed by atoms with Crippen molar-refractivity contribution in [2.75, 3.05) is 12.8 Å². The molecule has 3 heterocycles. The van der Waals surface area contributed by atoms with Crippen molar-refractivity contribution in [1.82, 2.24) is 29.5 Å². The molecule has 9 nitrogen and oxygen atoms in total. The summed E-state index contributed by atoms with van der Waals surface area (Å²) in [6, 6.07) is 1.85. The van der Waals surface area contributed by atoms with Crippen molar-refractivity contribution >= 4 is 28.4 Å². The van der Waals surface area contributed by atoms with Crippen LogP contribution in [-0.2, 0) is 0 Å². The predicted octanol–water partition coefficient (Wildman–Crippen LogP) is 3.17. The van der Waals surface area contributed by atoms with E-state index < -0.39 is 11.6 Å². The number of fused-ring (bicyclic) bond motifs is 3. The Morgan fingerprint density at radius 3 is 2.74 bits per heavy atom. The first-order valence-electron chi connectivity index (χ1n) is 9.72. The Morgan fingerprint density at radius 2 is 2.03 bits per heavy atom. The van der Waals surface area contributed by atoms with E-state index in [1.807, 2.05) is 13.8 Å². The molecule has 1 aromatic carbocycles. The fourth-order valence-corrected chi connectivity index (χ4v) is 3.40. The summed E-state index contributed by atoms with van der Waals surface area (Å²) in [5.41, 5.74) is 6.35. The summed E-state index contributed by atoms with van der Waals surface area (Å²) >= 11 is 0. The largest absolute Gasteiger partial charge is 0.451 e. The van der Waals surface area contributed by atoms with E-state index in [0.29, 0.717) is 18.7 Å². The van der Waals surface area contributed by atoms with Gasteiger partial charge in [0, 0.05) is 25.1 Å². The first kappa shape index (κ1) is 20.6. The number of nitrogens with two attached hydrogens (primary N) is 1. The molecule has 31 heavy (non-hydrogen) atoms. The van der Waals surface area contributed by atoms with Crippen molar-refractivity contribution in [3.63, 3.8) is 0 Å². The van der Waals surface area contributed by atoms with Crippen LogP contribution in [-0.4, -0.2) is 48.5 Å². The molecule has 2 atom stereocenters. The molecule has 162 valence electrons. The van der Waals surface area contributed by atoms with Gasteiger partial charge in [-0.3, -0.25) is 4.79 Å². The maximum absolute atomic E-state index is 14.1. The lowest BCUT2D eigenvalue weighted by atomic mass is 10.0. The van der Waals surface area contributed by atoms with Gasteiger partial charge in [-0.15, -0.1) is 5.10 Å². The summed E-state index contributed by atoms with van der Waals surface area (Å²) in [6.45, 7) is 3.87. The van der Waals surface area contributed by atoms with E-state index in [1.54, 1.807) is 11.9 Å². The van der Waals surface area contributed by atoms with Gasteiger partial charge < -0.3 is 15.1 Å². The average Bonchev–Trinajstić information content (AvgIpc) is 3.42. The highest BCUT2D eigenvalue weighted by molar-refractivity contribution is 5.93. The van der Waals surface area contributed by atoms with Gasteiger partial charge in [-0.2, -0.15) is 4.52 Å². The SMILES string of the molecule is C[C@@H](CC[C@H](C)N(C)C(=O)c1cocn1)c1nc2c3cc(F)cc(F)c3nc(N)n2n1. The van der Waals surface area contributed by atoms with E-state index in [0.717, 1.165) is 12.1 Å². The fourth-order valence-electron chi connectivity index (χ4n) is 3.40. The van der Waals surface area contributed by atoms with Crippen LogP contribution in [0.25, 0.3) is 16.6 Å². The summed E-state index contributed by atoms with van der Waals surface area (Å²) in [7, 11) is 1.71. The monoisotopic (exact) mass is 429 g/mol. The Labute approximate surface area is 175 Å². The van der Waals surface area contributed by atoms with E-state index in [9.17, 15) is 13.6 Å². The number of nitrogen functional groups attached to an aromatic ring is 1. The van der Waals surface area contributed by atoms with Gasteiger partial charge >= 0.3 is 0 Å². The van der Waals surface area contributed by atoms with Gasteiger partial charge in [0.1, 0.15) is 17.6 Å². The lowest BCUT2D eigenvalue weighted by Crippen LogP contribution is -2.35. The zero-order valence-electron chi connectivity index (χ0n) is 17.2. The average molecular weight is 429 g/mol. The van der Waals surface area contributed by atoms with Gasteiger partial charge in [-0.25, -0.2) is 23.7 Å². The molecule has 0 saturated heterocycles. The fraction of sp³-hybridized carbons (Fsp3) is 0.350. The number of anilines is 1. The quantitative estimate of drug-likeness (QED) is 0.500. The number of rotatable bonds is 6. The number of aromatic nitrogens is 5. The summed E-state index contributed by atoms with van der Waals surface area (Å²) < 4.78 is 34.0. The Morgan fingerprint density at radius 1 is 1.26 bits per heavy atom. The van der Waals surface area contributed by atoms with Crippen LogP contribution in [0.1, 0.15) is 48.9 Å². The van der Waals surface area contributed by atoms with Crippen molar-refractivity contribution < 1.29 is 18.0 Å². The Balaban J connectivity index is 1.54. The molecule has 4 aromatic rings. The van der Waals surface area contributed by atoms with E-state index in [-0.39, 0.29) is 46.1 Å². The Kier molecular flexibility index (Phi) is 5.25. The summed E-state index contributed by atoms with van der Waals surface area (Å²) in [6.07, 6.45) is 3.87. The number of halogens is 2. The second-order valence-electron chi connectivity index (χ2n) is 7.58. The number of nitrogens with zero attached hydrogens (tertiary/aromatic N) is 6. The predicted molar refractivity (Wildman–Crippen MR) is 108 cm³/mol. The van der Waals surface area contributed by atoms with Gasteiger partial charge in [0.05, 0.1) is 5.39 Å². The molecule has 0 fully saturated rings. The molecule has 0 saturated carbocycles. The first-order chi connectivity index (χ1) is 14.8. The van der Waals surface area contributed by atoms with Gasteiger partial charge in [-0.05, 0) is 25.8 Å². The number of amides is 1. The van der Waals surface area contributed by atoms with Crippen LogP contribution in [0.3, 0.4) is 0 Å². The summed E-state index contributed by atoms with van der Waals surface area (Å²) in [4.78, 5) is 26.3. The normalized spacial score (nSPS) is 13.6. The zero-order chi connectivity index (χ0) is 22.3. The van der Waals surface area contributed by atoms with Gasteiger partial charge in [0.25, 0.3) is 5.91 Å². The molecule has 0 aliphatic heterocycles. The van der Waals surface area contributed by atoms with Gasteiger partial charge in [0.15, 0.2) is 29.4 Å². The maximum Gasteiger partial charge on any atom is 0.275 e. The van der Waals surface area contributed by atoms with Crippen LogP contribution in [0.15, 0.2) is 29.2 Å². The molecular weight excluding hydrogens is 408 g/mol. The number of carbonyl (C=O) groups is 1. The van der Waals surface area contributed by atoms with Crippen molar-refractivity contribution in [2.45, 2.75) is 38.6 Å². The minimum Gasteiger partial charge on any atom is -0.451 e. The van der Waals surface area contributed by atoms with Crippen molar-refractivity contribution in [2.24, 2.45) is 0 Å². The molecule has 0 aliphatic carbocycles. The van der Waals surface area contributed by atoms with Crippen LogP contribution in [0.5, 0.6) is 0 Å². The van der Waals surface area contributed by atoms with Crippen LogP contribution in [0, 0.1) is 11.6 Å². The lowest BCUT2D eigenvalue weighted by molar-refractivity contribution is 0.0728. The highest BCUT2D eigenvalue weighted by Gasteiger charge is 2.22. The molecular formula is C20H21F2N7O2. The minimum atomic E-state index is -0.810. The van der Waals surface area contributed by atoms with E-state index in [4.69, 9.17) is 10.2 Å². The Bertz CT molecular complexity index is 1260. The summed E-state index contributed by atoms with van der Waals surface area (Å²) in [5, 5.41) is 4.59. The molecule has 0 aliphatic rings. The van der Waals surface area contributed by atoms with Gasteiger partial charge in [-0.1, -0.05) is 6.92 Å². The number of oxazole rings is 1. The maximum atomic E-state index is 14.1. The Hall–Kier alpha value is -3.63. The van der Waals surface area contributed by atoms with Crippen molar-refractivity contribution in [3.8, 4) is 0 Å². The molecule has 0 radical (unpaired) electrons. The molecule has 4 rings (SSSR count). The standard InChI is InChI=1S/C20H21F2N7O2/c1-10(4-5-11(2)28(3)19(30)15-8-31-9-24-15)17-26-18-13-6-12(21)7-14(22)16(13)25-20(23)29(18)27-17/h6-11H,4-5H2,1-3H3,(H2,23,25)/t10-,11-/m0/s1. The number of benzene rings is 1. The summed E-state index contributed by atoms with van der Waals surface area (Å²) in [5.74, 6) is -1.42. The second kappa shape index (κ2) is 7.89. The van der Waals surface area contributed by atoms with Crippen molar-refractivity contribution in [1.29, 1.82) is 0 Å². The smallest absolute Gasteiger partial charge is 0.275 e. The highest BCUT2D eigenvalue weighted by atomic mass is 19.1. The number of carbonyl (C=O) groups excluding carboxylic acids is 1. The third kappa shape index (κ3) is 3.78. The van der Waals surface area contributed by atoms with E-state index in [1.165, 1.54) is 17.2 Å². The van der Waals surface area contributed by atoms with Crippen LogP contribution >= 0.6 is 0 Å². The van der Waals surface area contributed by atoms with Crippen LogP contribution in [0.4, 0.5) is 14.7 Å². The second-order valence-corrected chi connectivity index (χ2v) is 7.58. The third-order valence-electron chi connectivity index (χ3n) is 5.43. The molecule has 2 N–H and O–H groups in total. The third-order valence-corrected chi connectivity index (χ3v) is 5.43. The van der Waals surface area contributed by atoms with Crippen molar-refractivity contribution in [3.05, 3.63) is 47.9 Å². The number of hydrogen-bond donors (Lipinski definition) is 1. The topological polar surface area (TPSA) is 115 Å². The number of hydrogen-bond acceptors (Lipinski definition) is 7.